The fourth-order valence-electron chi connectivity index (χ4n) is 3.20. The minimum atomic E-state index is 0.330. The van der Waals surface area contributed by atoms with Crippen molar-refractivity contribution in [3.05, 3.63) is 28.2 Å². The molecule has 0 bridgehead atoms. The molecule has 4 heteroatoms. The van der Waals surface area contributed by atoms with E-state index < -0.39 is 0 Å². The molecule has 1 saturated heterocycles. The second-order valence-corrected chi connectivity index (χ2v) is 6.49. The number of nitrogens with zero attached hydrogens (tertiary/aromatic N) is 1. The van der Waals surface area contributed by atoms with E-state index in [9.17, 15) is 5.11 Å². The molecule has 0 amide bonds. The van der Waals surface area contributed by atoms with E-state index in [-0.39, 0.29) is 0 Å². The van der Waals surface area contributed by atoms with Gasteiger partial charge >= 0.3 is 0 Å². The first kappa shape index (κ1) is 13.4. The predicted octanol–water partition coefficient (Wildman–Crippen LogP) is 2.90. The van der Waals surface area contributed by atoms with Crippen molar-refractivity contribution in [3.8, 4) is 5.75 Å². The van der Waals surface area contributed by atoms with E-state index in [0.717, 1.165) is 36.6 Å². The van der Waals surface area contributed by atoms with Crippen LogP contribution in [-0.4, -0.2) is 36.2 Å². The molecule has 1 atom stereocenters. The van der Waals surface area contributed by atoms with Crippen LogP contribution in [0.2, 0.25) is 0 Å². The van der Waals surface area contributed by atoms with Crippen LogP contribution in [0.25, 0.3) is 0 Å². The van der Waals surface area contributed by atoms with E-state index in [0.29, 0.717) is 11.8 Å². The molecule has 1 heterocycles. The van der Waals surface area contributed by atoms with E-state index >= 15 is 0 Å². The third-order valence-corrected chi connectivity index (χ3v) is 5.09. The number of halogens is 1. The second kappa shape index (κ2) is 5.81. The largest absolute Gasteiger partial charge is 0.507 e. The minimum Gasteiger partial charge on any atom is -0.507 e. The second-order valence-electron chi connectivity index (χ2n) is 5.63. The van der Waals surface area contributed by atoms with Gasteiger partial charge in [-0.05, 0) is 52.4 Å². The highest BCUT2D eigenvalue weighted by molar-refractivity contribution is 9.10. The quantitative estimate of drug-likeness (QED) is 0.897. The highest BCUT2D eigenvalue weighted by Crippen LogP contribution is 2.42. The molecule has 0 radical (unpaired) electrons. The lowest BCUT2D eigenvalue weighted by atomic mass is 9.76. The van der Waals surface area contributed by atoms with Crippen LogP contribution >= 0.6 is 15.9 Å². The Morgan fingerprint density at radius 1 is 1.26 bits per heavy atom. The van der Waals surface area contributed by atoms with E-state index in [2.05, 4.69) is 38.3 Å². The molecular weight excluding hydrogens is 304 g/mol. The zero-order valence-electron chi connectivity index (χ0n) is 11.1. The molecule has 104 valence electrons. The molecule has 1 aromatic carbocycles. The zero-order chi connectivity index (χ0) is 13.2. The van der Waals surface area contributed by atoms with Gasteiger partial charge in [0.05, 0.1) is 4.47 Å². The van der Waals surface area contributed by atoms with Crippen molar-refractivity contribution in [1.82, 2.24) is 10.2 Å². The Morgan fingerprint density at radius 2 is 2.00 bits per heavy atom. The topological polar surface area (TPSA) is 35.5 Å². The number of hydrogen-bond donors (Lipinski definition) is 2. The van der Waals surface area contributed by atoms with E-state index in [1.54, 1.807) is 0 Å². The minimum absolute atomic E-state index is 0.330. The maximum Gasteiger partial charge on any atom is 0.129 e. The Labute approximate surface area is 123 Å². The summed E-state index contributed by atoms with van der Waals surface area (Å²) < 4.78 is 0.810. The van der Waals surface area contributed by atoms with Crippen molar-refractivity contribution >= 4 is 15.9 Å². The van der Waals surface area contributed by atoms with Gasteiger partial charge in [0, 0.05) is 32.2 Å². The molecule has 1 saturated carbocycles. The van der Waals surface area contributed by atoms with Crippen molar-refractivity contribution < 1.29 is 5.11 Å². The molecule has 3 nitrogen and oxygen atoms in total. The molecule has 1 aliphatic carbocycles. The summed E-state index contributed by atoms with van der Waals surface area (Å²) in [7, 11) is 0. The van der Waals surface area contributed by atoms with Gasteiger partial charge in [0.1, 0.15) is 5.75 Å². The molecule has 2 N–H and O–H groups in total. The van der Waals surface area contributed by atoms with Crippen molar-refractivity contribution in [2.24, 2.45) is 5.92 Å². The maximum absolute atomic E-state index is 9.68. The fourth-order valence-corrected chi connectivity index (χ4v) is 3.60. The molecule has 0 spiro atoms. The average molecular weight is 325 g/mol. The molecule has 2 aliphatic rings. The van der Waals surface area contributed by atoms with Gasteiger partial charge in [-0.1, -0.05) is 12.5 Å². The van der Waals surface area contributed by atoms with Crippen LogP contribution in [0, 0.1) is 5.92 Å². The lowest BCUT2D eigenvalue weighted by molar-refractivity contribution is 0.0836. The number of phenolic OH excluding ortho intramolecular Hbond substituents is 1. The number of piperazine rings is 1. The van der Waals surface area contributed by atoms with Crippen molar-refractivity contribution in [3.63, 3.8) is 0 Å². The van der Waals surface area contributed by atoms with Gasteiger partial charge in [-0.3, -0.25) is 4.90 Å². The van der Waals surface area contributed by atoms with Crippen LogP contribution in [0.15, 0.2) is 22.7 Å². The highest BCUT2D eigenvalue weighted by Gasteiger charge is 2.33. The average Bonchev–Trinajstić information content (AvgIpc) is 2.38. The smallest absolute Gasteiger partial charge is 0.129 e. The molecular formula is C15H21BrN2O. The third-order valence-electron chi connectivity index (χ3n) is 4.45. The van der Waals surface area contributed by atoms with Gasteiger partial charge in [-0.2, -0.15) is 0 Å². The number of rotatable bonds is 3. The van der Waals surface area contributed by atoms with Crippen molar-refractivity contribution in [2.75, 3.05) is 26.2 Å². The molecule has 1 aliphatic heterocycles. The standard InChI is InChI=1S/C15H21BrN2O/c16-13-10-12(4-5-14(13)19)15(11-2-1-3-11)18-8-6-17-7-9-18/h4-5,10-11,15,17,19H,1-3,6-9H2/t15-/m0/s1. The molecule has 2 fully saturated rings. The summed E-state index contributed by atoms with van der Waals surface area (Å²) in [5, 5.41) is 13.1. The monoisotopic (exact) mass is 324 g/mol. The van der Waals surface area contributed by atoms with Gasteiger partial charge < -0.3 is 10.4 Å². The first-order chi connectivity index (χ1) is 9.25. The number of hydrogen-bond acceptors (Lipinski definition) is 3. The lowest BCUT2D eigenvalue weighted by Crippen LogP contribution is -2.47. The SMILES string of the molecule is Oc1ccc([C@H](C2CCC2)N2CCNCC2)cc1Br. The summed E-state index contributed by atoms with van der Waals surface area (Å²) in [5.41, 5.74) is 1.34. The summed E-state index contributed by atoms with van der Waals surface area (Å²) >= 11 is 3.45. The van der Waals surface area contributed by atoms with Crippen molar-refractivity contribution in [1.29, 1.82) is 0 Å². The van der Waals surface area contributed by atoms with E-state index in [4.69, 9.17) is 0 Å². The van der Waals surface area contributed by atoms with Crippen LogP contribution < -0.4 is 5.32 Å². The van der Waals surface area contributed by atoms with Gasteiger partial charge in [0.25, 0.3) is 0 Å². The normalized spacial score (nSPS) is 23.0. The van der Waals surface area contributed by atoms with E-state index in [1.165, 1.54) is 24.8 Å². The Balaban J connectivity index is 1.86. The summed E-state index contributed by atoms with van der Waals surface area (Å²) in [5.74, 6) is 1.12. The maximum atomic E-state index is 9.68. The van der Waals surface area contributed by atoms with Crippen LogP contribution in [-0.2, 0) is 0 Å². The highest BCUT2D eigenvalue weighted by atomic mass is 79.9. The summed E-state index contributed by atoms with van der Waals surface area (Å²) in [6, 6.07) is 6.52. The summed E-state index contributed by atoms with van der Waals surface area (Å²) in [6.45, 7) is 4.42. The third kappa shape index (κ3) is 2.81. The molecule has 3 rings (SSSR count). The fraction of sp³-hybridized carbons (Fsp3) is 0.600. The molecule has 1 aromatic rings. The van der Waals surface area contributed by atoms with Gasteiger partial charge in [-0.15, -0.1) is 0 Å². The van der Waals surface area contributed by atoms with Crippen LogP contribution in [0.4, 0.5) is 0 Å². The molecule has 19 heavy (non-hydrogen) atoms. The predicted molar refractivity (Wildman–Crippen MR) is 80.3 cm³/mol. The number of benzene rings is 1. The van der Waals surface area contributed by atoms with Crippen LogP contribution in [0.3, 0.4) is 0 Å². The molecule has 0 aromatic heterocycles. The van der Waals surface area contributed by atoms with Gasteiger partial charge in [0.2, 0.25) is 0 Å². The van der Waals surface area contributed by atoms with Crippen LogP contribution in [0.5, 0.6) is 5.75 Å². The number of aromatic hydroxyl groups is 1. The Kier molecular flexibility index (Phi) is 4.10. The van der Waals surface area contributed by atoms with Crippen molar-refractivity contribution in [2.45, 2.75) is 25.3 Å². The zero-order valence-corrected chi connectivity index (χ0v) is 12.7. The first-order valence-electron chi connectivity index (χ1n) is 7.19. The number of nitrogens with one attached hydrogen (secondary N) is 1. The Morgan fingerprint density at radius 3 is 2.58 bits per heavy atom. The Hall–Kier alpha value is -0.580. The lowest BCUT2D eigenvalue weighted by Gasteiger charge is -2.43. The number of phenols is 1. The summed E-state index contributed by atoms with van der Waals surface area (Å²) in [6.07, 6.45) is 4.05. The van der Waals surface area contributed by atoms with Gasteiger partial charge in [-0.25, -0.2) is 0 Å². The summed E-state index contributed by atoms with van der Waals surface area (Å²) in [4.78, 5) is 2.61. The van der Waals surface area contributed by atoms with Crippen LogP contribution in [0.1, 0.15) is 30.9 Å². The Bertz CT molecular complexity index is 442. The molecule has 0 unspecified atom stereocenters. The van der Waals surface area contributed by atoms with Gasteiger partial charge in [0.15, 0.2) is 0 Å². The van der Waals surface area contributed by atoms with E-state index in [1.807, 2.05) is 6.07 Å². The first-order valence-corrected chi connectivity index (χ1v) is 7.98.